The van der Waals surface area contributed by atoms with Crippen LogP contribution in [0.15, 0.2) is 12.2 Å². The fourth-order valence-corrected chi connectivity index (χ4v) is 4.34. The van der Waals surface area contributed by atoms with Crippen molar-refractivity contribution in [3.05, 3.63) is 12.2 Å². The summed E-state index contributed by atoms with van der Waals surface area (Å²) in [6, 6.07) is 0. The van der Waals surface area contributed by atoms with Gasteiger partial charge in [-0.1, -0.05) is 70.4 Å². The lowest BCUT2D eigenvalue weighted by Crippen LogP contribution is -2.41. The number of likely N-dealkylation sites (N-methyl/N-ethyl adjacent to an activating group) is 1. The zero-order valence-corrected chi connectivity index (χ0v) is 21.9. The van der Waals surface area contributed by atoms with Crippen LogP contribution in [0, 0.1) is 0 Å². The van der Waals surface area contributed by atoms with Gasteiger partial charge < -0.3 is 14.1 Å². The van der Waals surface area contributed by atoms with Crippen molar-refractivity contribution >= 4 is 19.4 Å². The Hall–Kier alpha value is -0.740. The maximum absolute atomic E-state index is 12.2. The van der Waals surface area contributed by atoms with Crippen molar-refractivity contribution < 1.29 is 23.4 Å². The Morgan fingerprint density at radius 1 is 0.839 bits per heavy atom. The summed E-state index contributed by atoms with van der Waals surface area (Å²) in [6.07, 6.45) is 21.0. The van der Waals surface area contributed by atoms with Crippen LogP contribution in [-0.4, -0.2) is 50.2 Å². The molecule has 0 aromatic rings. The van der Waals surface area contributed by atoms with E-state index in [0.29, 0.717) is 24.1 Å². The summed E-state index contributed by atoms with van der Waals surface area (Å²) in [5.41, 5.74) is 0.252. The van der Waals surface area contributed by atoms with Crippen LogP contribution in [0.5, 0.6) is 0 Å². The van der Waals surface area contributed by atoms with Gasteiger partial charge in [0.25, 0.3) is 8.00 Å². The molecule has 182 valence electrons. The highest BCUT2D eigenvalue weighted by atomic mass is 31.1. The minimum absolute atomic E-state index is 0.252. The van der Waals surface area contributed by atoms with Crippen LogP contribution in [0.3, 0.4) is 0 Å². The van der Waals surface area contributed by atoms with Crippen LogP contribution >= 0.6 is 8.00 Å². The average molecular weight is 459 g/mol. The van der Waals surface area contributed by atoms with Gasteiger partial charge in [-0.05, 0) is 39.0 Å². The van der Waals surface area contributed by atoms with Gasteiger partial charge in [0.15, 0.2) is 6.54 Å². The number of ether oxygens (including phenoxy) is 1. The monoisotopic (exact) mass is 458 g/mol. The van der Waals surface area contributed by atoms with Gasteiger partial charge >= 0.3 is 11.4 Å². The Morgan fingerprint density at radius 2 is 1.35 bits per heavy atom. The van der Waals surface area contributed by atoms with Crippen molar-refractivity contribution in [1.29, 1.82) is 0 Å². The number of unbranched alkanes of at least 4 members (excludes halogenated alkanes) is 11. The molecule has 0 rings (SSSR count). The summed E-state index contributed by atoms with van der Waals surface area (Å²) >= 11 is 0. The minimum Gasteiger partial charge on any atom is -0.600 e. The van der Waals surface area contributed by atoms with Crippen molar-refractivity contribution in [2.24, 2.45) is 0 Å². The lowest BCUT2D eigenvalue weighted by atomic mass is 10.1. The summed E-state index contributed by atoms with van der Waals surface area (Å²) < 4.78 is 11.1. The molecule has 0 saturated carbocycles. The number of hydrogen-bond donors (Lipinski definition) is 0. The summed E-state index contributed by atoms with van der Waals surface area (Å²) in [4.78, 5) is 24.3. The van der Waals surface area contributed by atoms with E-state index in [1.165, 1.54) is 57.8 Å². The van der Waals surface area contributed by atoms with Crippen LogP contribution < -0.4 is 4.89 Å². The molecular weight excluding hydrogens is 409 g/mol. The van der Waals surface area contributed by atoms with E-state index in [-0.39, 0.29) is 11.4 Å². The summed E-state index contributed by atoms with van der Waals surface area (Å²) in [6.45, 7) is 4.77. The number of carbonyl (C=O) groups is 1. The Balaban J connectivity index is 3.80. The third kappa shape index (κ3) is 20.9. The van der Waals surface area contributed by atoms with Crippen LogP contribution in [0.4, 0.5) is 0 Å². The van der Waals surface area contributed by atoms with Crippen LogP contribution in [0.25, 0.3) is 0 Å². The maximum Gasteiger partial charge on any atom is 0.362 e. The maximum atomic E-state index is 12.2. The fraction of sp³-hybridized carbons (Fsp3) is 0.840. The molecule has 0 bridgehead atoms. The molecule has 0 aliphatic carbocycles. The highest BCUT2D eigenvalue weighted by Gasteiger charge is 2.25. The molecule has 1 unspecified atom stereocenters. The van der Waals surface area contributed by atoms with E-state index >= 15 is 0 Å². The third-order valence-corrected chi connectivity index (χ3v) is 6.07. The van der Waals surface area contributed by atoms with Crippen molar-refractivity contribution in [1.82, 2.24) is 0 Å². The zero-order valence-electron chi connectivity index (χ0n) is 21.0. The fourth-order valence-electron chi connectivity index (χ4n) is 3.24. The van der Waals surface area contributed by atoms with Gasteiger partial charge in [-0.25, -0.2) is 0 Å². The highest BCUT2D eigenvalue weighted by molar-refractivity contribution is 7.46. The topological polar surface area (TPSA) is 58.6 Å². The molecule has 5 nitrogen and oxygen atoms in total. The lowest BCUT2D eigenvalue weighted by molar-refractivity contribution is -0.861. The number of esters is 1. The van der Waals surface area contributed by atoms with E-state index < -0.39 is 8.00 Å². The second-order valence-electron chi connectivity index (χ2n) is 9.33. The van der Waals surface area contributed by atoms with E-state index in [9.17, 15) is 9.69 Å². The molecule has 0 radical (unpaired) electrons. The zero-order chi connectivity index (χ0) is 23.4. The first-order chi connectivity index (χ1) is 14.8. The number of nitrogens with zero attached hydrogens (tertiary/aromatic N) is 1. The number of carbonyl (C=O) groups excluding carboxylic acids is 1. The Bertz CT molecular complexity index is 512. The second kappa shape index (κ2) is 19.9. The van der Waals surface area contributed by atoms with Gasteiger partial charge in [0, 0.05) is 6.42 Å². The van der Waals surface area contributed by atoms with Crippen LogP contribution in [0.1, 0.15) is 104 Å². The van der Waals surface area contributed by atoms with Crippen molar-refractivity contribution in [2.75, 3.05) is 34.3 Å². The summed E-state index contributed by atoms with van der Waals surface area (Å²) in [5.74, 6) is -0.302. The van der Waals surface area contributed by atoms with Crippen molar-refractivity contribution in [3.8, 4) is 0 Å². The van der Waals surface area contributed by atoms with Gasteiger partial charge in [-0.2, -0.15) is 4.52 Å². The molecule has 0 aliphatic rings. The first kappa shape index (κ1) is 30.3. The third-order valence-electron chi connectivity index (χ3n) is 4.93. The molecule has 1 atom stereocenters. The number of allylic oxidation sites excluding steroid dienone is 2. The molecule has 6 heteroatoms. The van der Waals surface area contributed by atoms with Crippen LogP contribution in [0.2, 0.25) is 0 Å². The second-order valence-corrected chi connectivity index (χ2v) is 10.6. The normalized spacial score (nSPS) is 13.0. The van der Waals surface area contributed by atoms with E-state index in [2.05, 4.69) is 19.1 Å². The van der Waals surface area contributed by atoms with Crippen LogP contribution in [-0.2, 0) is 14.1 Å². The summed E-state index contributed by atoms with van der Waals surface area (Å²) in [7, 11) is 3.82. The SMILES string of the molecule is CCCCCCCC/C=C\CCCCCCCC(=O)O/C(C[N+](C)(C)C)=[P+](\[O-])OCC. The standard InChI is InChI=1S/C25H49NO4P/c1-6-8-9-10-11-12-13-14-15-16-17-18-19-20-21-22-24(27)30-25(23-26(3,4)5)31(28)29-7-2/h14-15H,6-13,16-23H2,1-5H3/q+1/b15-14-. The lowest BCUT2D eigenvalue weighted by Gasteiger charge is -2.22. The Kier molecular flexibility index (Phi) is 19.4. The predicted molar refractivity (Wildman–Crippen MR) is 132 cm³/mol. The molecule has 0 N–H and O–H groups in total. The molecular formula is C25H49NO4P+. The van der Waals surface area contributed by atoms with Crippen molar-refractivity contribution in [3.63, 3.8) is 0 Å². The van der Waals surface area contributed by atoms with Gasteiger partial charge in [-0.15, -0.1) is 0 Å². The van der Waals surface area contributed by atoms with E-state index in [1.54, 1.807) is 6.92 Å². The molecule has 0 amide bonds. The molecule has 0 fully saturated rings. The van der Waals surface area contributed by atoms with E-state index in [4.69, 9.17) is 9.26 Å². The summed E-state index contributed by atoms with van der Waals surface area (Å²) in [5, 5.41) is 0. The number of rotatable bonds is 20. The molecule has 0 spiro atoms. The predicted octanol–water partition coefficient (Wildman–Crippen LogP) is 6.11. The molecule has 0 saturated heterocycles. The Morgan fingerprint density at radius 3 is 1.87 bits per heavy atom. The molecule has 0 aromatic carbocycles. The van der Waals surface area contributed by atoms with E-state index in [1.807, 2.05) is 21.1 Å². The minimum atomic E-state index is -2.08. The van der Waals surface area contributed by atoms with E-state index in [0.717, 1.165) is 25.7 Å². The molecule has 0 aromatic heterocycles. The quantitative estimate of drug-likeness (QED) is 0.0726. The Labute approximate surface area is 193 Å². The molecule has 0 heterocycles. The van der Waals surface area contributed by atoms with Gasteiger partial charge in [0.1, 0.15) is 0 Å². The highest BCUT2D eigenvalue weighted by Crippen LogP contribution is 2.18. The van der Waals surface area contributed by atoms with Crippen molar-refractivity contribution in [2.45, 2.75) is 104 Å². The van der Waals surface area contributed by atoms with Gasteiger partial charge in [-0.3, -0.25) is 4.79 Å². The average Bonchev–Trinajstić information content (AvgIpc) is 2.69. The largest absolute Gasteiger partial charge is 0.600 e. The number of quaternary nitrogens is 1. The number of hydrogen-bond acceptors (Lipinski definition) is 4. The molecule has 31 heavy (non-hydrogen) atoms. The molecule has 0 aliphatic heterocycles. The van der Waals surface area contributed by atoms with Gasteiger partial charge in [0.2, 0.25) is 0 Å². The smallest absolute Gasteiger partial charge is 0.362 e. The first-order valence-corrected chi connectivity index (χ1v) is 13.6. The first-order valence-electron chi connectivity index (χ1n) is 12.4. The van der Waals surface area contributed by atoms with Gasteiger partial charge in [0.05, 0.1) is 27.7 Å².